The van der Waals surface area contributed by atoms with Crippen LogP contribution in [-0.2, 0) is 0 Å². The molecule has 0 aliphatic carbocycles. The first-order valence-corrected chi connectivity index (χ1v) is 10.3. The van der Waals surface area contributed by atoms with Crippen molar-refractivity contribution in [3.63, 3.8) is 0 Å². The summed E-state index contributed by atoms with van der Waals surface area (Å²) in [5.74, 6) is -0.0604. The van der Waals surface area contributed by atoms with E-state index in [4.69, 9.17) is 4.42 Å². The van der Waals surface area contributed by atoms with Gasteiger partial charge in [0.25, 0.3) is 11.8 Å². The number of nitrogens with one attached hydrogen (secondary N) is 1. The molecule has 1 saturated heterocycles. The largest absolute Gasteiger partial charge is 0.443 e. The minimum absolute atomic E-state index is 0.0364. The lowest BCUT2D eigenvalue weighted by molar-refractivity contribution is 0.0724. The number of rotatable bonds is 5. The van der Waals surface area contributed by atoms with Crippen LogP contribution in [0.3, 0.4) is 0 Å². The molecule has 0 radical (unpaired) electrons. The molecule has 2 aromatic carbocycles. The van der Waals surface area contributed by atoms with Crippen LogP contribution >= 0.6 is 0 Å². The summed E-state index contributed by atoms with van der Waals surface area (Å²) in [5.41, 5.74) is 2.29. The summed E-state index contributed by atoms with van der Waals surface area (Å²) in [6, 6.07) is 16.8. The summed E-state index contributed by atoms with van der Waals surface area (Å²) in [4.78, 5) is 32.1. The number of piperidine rings is 1. The molecule has 2 heterocycles. The number of amides is 2. The lowest BCUT2D eigenvalue weighted by Crippen LogP contribution is -2.35. The Morgan fingerprint density at radius 2 is 1.70 bits per heavy atom. The van der Waals surface area contributed by atoms with Gasteiger partial charge in [-0.15, -0.1) is 0 Å². The lowest BCUT2D eigenvalue weighted by atomic mass is 10.0. The molecule has 1 fully saturated rings. The first-order valence-electron chi connectivity index (χ1n) is 10.3. The molecular weight excluding hydrogens is 378 g/mol. The zero-order valence-corrected chi connectivity index (χ0v) is 17.0. The van der Waals surface area contributed by atoms with Crippen molar-refractivity contribution >= 4 is 11.8 Å². The van der Waals surface area contributed by atoms with Gasteiger partial charge in [0.1, 0.15) is 0 Å². The molecule has 2 amide bonds. The summed E-state index contributed by atoms with van der Waals surface area (Å²) in [5, 5.41) is 2.96. The van der Waals surface area contributed by atoms with Crippen molar-refractivity contribution in [3.8, 4) is 11.3 Å². The highest BCUT2D eigenvalue weighted by Crippen LogP contribution is 2.29. The molecule has 0 unspecified atom stereocenters. The lowest BCUT2D eigenvalue weighted by Gasteiger charge is -2.27. The van der Waals surface area contributed by atoms with Gasteiger partial charge in [-0.3, -0.25) is 9.59 Å². The van der Waals surface area contributed by atoms with Crippen LogP contribution in [0.4, 0.5) is 0 Å². The van der Waals surface area contributed by atoms with Gasteiger partial charge in [0.2, 0.25) is 0 Å². The van der Waals surface area contributed by atoms with E-state index in [0.717, 1.165) is 37.9 Å². The SMILES string of the molecule is C[C@H](NC(=O)c1ncoc1-c1ccccc1C(=O)N1CCCCC1)c1ccccc1. The van der Waals surface area contributed by atoms with Gasteiger partial charge in [-0.25, -0.2) is 4.98 Å². The van der Waals surface area contributed by atoms with Crippen LogP contribution < -0.4 is 5.32 Å². The van der Waals surface area contributed by atoms with E-state index in [9.17, 15) is 9.59 Å². The maximum Gasteiger partial charge on any atom is 0.274 e. The van der Waals surface area contributed by atoms with E-state index in [1.54, 1.807) is 12.1 Å². The maximum absolute atomic E-state index is 13.1. The Bertz CT molecular complexity index is 1020. The summed E-state index contributed by atoms with van der Waals surface area (Å²) in [6.07, 6.45) is 4.43. The third-order valence-electron chi connectivity index (χ3n) is 5.48. The monoisotopic (exact) mass is 403 g/mol. The topological polar surface area (TPSA) is 75.4 Å². The second-order valence-corrected chi connectivity index (χ2v) is 7.53. The number of aromatic nitrogens is 1. The van der Waals surface area contributed by atoms with Crippen molar-refractivity contribution in [1.29, 1.82) is 0 Å². The zero-order chi connectivity index (χ0) is 20.9. The van der Waals surface area contributed by atoms with Gasteiger partial charge < -0.3 is 14.6 Å². The second kappa shape index (κ2) is 8.95. The number of hydrogen-bond donors (Lipinski definition) is 1. The van der Waals surface area contributed by atoms with Crippen LogP contribution in [0, 0.1) is 0 Å². The standard InChI is InChI=1S/C24H25N3O3/c1-17(18-10-4-2-5-11-18)26-23(28)21-22(30-16-25-21)19-12-6-7-13-20(19)24(29)27-14-8-3-9-15-27/h2,4-7,10-13,16-17H,3,8-9,14-15H2,1H3,(H,26,28)/t17-/m0/s1. The average Bonchev–Trinajstić information content (AvgIpc) is 3.30. The summed E-state index contributed by atoms with van der Waals surface area (Å²) >= 11 is 0. The predicted molar refractivity (Wildman–Crippen MR) is 114 cm³/mol. The summed E-state index contributed by atoms with van der Waals surface area (Å²) in [7, 11) is 0. The average molecular weight is 403 g/mol. The Kier molecular flexibility index (Phi) is 5.93. The van der Waals surface area contributed by atoms with E-state index in [-0.39, 0.29) is 23.6 Å². The van der Waals surface area contributed by atoms with Crippen LogP contribution in [0.25, 0.3) is 11.3 Å². The number of carbonyl (C=O) groups is 2. The van der Waals surface area contributed by atoms with Gasteiger partial charge in [-0.1, -0.05) is 48.5 Å². The van der Waals surface area contributed by atoms with Gasteiger partial charge >= 0.3 is 0 Å². The van der Waals surface area contributed by atoms with Gasteiger partial charge in [-0.2, -0.15) is 0 Å². The molecule has 6 nitrogen and oxygen atoms in total. The molecule has 1 atom stereocenters. The quantitative estimate of drug-likeness (QED) is 0.682. The number of hydrogen-bond acceptors (Lipinski definition) is 4. The molecule has 0 spiro atoms. The molecule has 1 aliphatic rings. The van der Waals surface area contributed by atoms with Crippen molar-refractivity contribution in [2.45, 2.75) is 32.2 Å². The fraction of sp³-hybridized carbons (Fsp3) is 0.292. The third kappa shape index (κ3) is 4.13. The minimum Gasteiger partial charge on any atom is -0.443 e. The Hall–Kier alpha value is -3.41. The summed E-state index contributed by atoms with van der Waals surface area (Å²) in [6.45, 7) is 3.43. The highest BCUT2D eigenvalue weighted by Gasteiger charge is 2.26. The molecule has 1 aliphatic heterocycles. The van der Waals surface area contributed by atoms with E-state index in [1.165, 1.54) is 6.39 Å². The molecule has 3 aromatic rings. The highest BCUT2D eigenvalue weighted by molar-refractivity contribution is 6.04. The van der Waals surface area contributed by atoms with E-state index < -0.39 is 0 Å². The van der Waals surface area contributed by atoms with Crippen molar-refractivity contribution in [2.75, 3.05) is 13.1 Å². The minimum atomic E-state index is -0.338. The molecule has 0 bridgehead atoms. The van der Waals surface area contributed by atoms with Crippen molar-refractivity contribution < 1.29 is 14.0 Å². The van der Waals surface area contributed by atoms with E-state index in [2.05, 4.69) is 10.3 Å². The normalized spacial score (nSPS) is 14.9. The summed E-state index contributed by atoms with van der Waals surface area (Å²) < 4.78 is 5.59. The molecule has 0 saturated carbocycles. The Morgan fingerprint density at radius 3 is 2.47 bits per heavy atom. The van der Waals surface area contributed by atoms with E-state index in [0.29, 0.717) is 16.9 Å². The van der Waals surface area contributed by atoms with Crippen LogP contribution in [0.15, 0.2) is 65.4 Å². The Morgan fingerprint density at radius 1 is 1.00 bits per heavy atom. The Labute approximate surface area is 175 Å². The zero-order valence-electron chi connectivity index (χ0n) is 17.0. The molecule has 4 rings (SSSR count). The molecule has 30 heavy (non-hydrogen) atoms. The molecule has 6 heteroatoms. The first-order chi connectivity index (χ1) is 14.6. The number of benzene rings is 2. The molecule has 1 aromatic heterocycles. The molecule has 1 N–H and O–H groups in total. The van der Waals surface area contributed by atoms with Crippen LogP contribution in [0.5, 0.6) is 0 Å². The predicted octanol–water partition coefficient (Wildman–Crippen LogP) is 4.46. The fourth-order valence-electron chi connectivity index (χ4n) is 3.82. The van der Waals surface area contributed by atoms with E-state index in [1.807, 2.05) is 54.3 Å². The number of carbonyl (C=O) groups excluding carboxylic acids is 2. The molecule has 154 valence electrons. The number of likely N-dealkylation sites (tertiary alicyclic amines) is 1. The maximum atomic E-state index is 13.1. The van der Waals surface area contributed by atoms with Crippen LogP contribution in [-0.4, -0.2) is 34.8 Å². The van der Waals surface area contributed by atoms with Gasteiger partial charge in [-0.05, 0) is 37.8 Å². The second-order valence-electron chi connectivity index (χ2n) is 7.53. The molecular formula is C24H25N3O3. The Balaban J connectivity index is 1.60. The third-order valence-corrected chi connectivity index (χ3v) is 5.48. The smallest absolute Gasteiger partial charge is 0.274 e. The number of nitrogens with zero attached hydrogens (tertiary/aromatic N) is 2. The van der Waals surface area contributed by atoms with Gasteiger partial charge in [0, 0.05) is 18.7 Å². The van der Waals surface area contributed by atoms with Gasteiger partial charge in [0.05, 0.1) is 11.6 Å². The van der Waals surface area contributed by atoms with Gasteiger partial charge in [0.15, 0.2) is 17.8 Å². The van der Waals surface area contributed by atoms with Crippen molar-refractivity contribution in [2.24, 2.45) is 0 Å². The fourth-order valence-corrected chi connectivity index (χ4v) is 3.82. The van der Waals surface area contributed by atoms with E-state index >= 15 is 0 Å². The van der Waals surface area contributed by atoms with Crippen LogP contribution in [0.1, 0.15) is 58.6 Å². The van der Waals surface area contributed by atoms with Crippen molar-refractivity contribution in [1.82, 2.24) is 15.2 Å². The first kappa shape index (κ1) is 19.9. The number of oxazole rings is 1. The van der Waals surface area contributed by atoms with Crippen molar-refractivity contribution in [3.05, 3.63) is 77.8 Å². The van der Waals surface area contributed by atoms with Crippen LogP contribution in [0.2, 0.25) is 0 Å². The highest BCUT2D eigenvalue weighted by atomic mass is 16.3.